The molecule has 0 radical (unpaired) electrons. The van der Waals surface area contributed by atoms with Gasteiger partial charge in [0, 0.05) is 11.1 Å². The fourth-order valence-corrected chi connectivity index (χ4v) is 3.52. The van der Waals surface area contributed by atoms with Crippen LogP contribution in [0.4, 0.5) is 0 Å². The molecule has 0 aliphatic heterocycles. The van der Waals surface area contributed by atoms with E-state index in [1.165, 1.54) is 22.1 Å². The predicted molar refractivity (Wildman–Crippen MR) is 95.4 cm³/mol. The van der Waals surface area contributed by atoms with Crippen molar-refractivity contribution in [2.75, 3.05) is 7.11 Å². The minimum atomic E-state index is -0.296. The van der Waals surface area contributed by atoms with Gasteiger partial charge in [0.1, 0.15) is 17.8 Å². The van der Waals surface area contributed by atoms with Crippen LogP contribution in [0, 0.1) is 0 Å². The first kappa shape index (κ1) is 16.3. The second-order valence-corrected chi connectivity index (χ2v) is 6.78. The SMILES string of the molecule is COc1ccc(C(=O)NC2(C)Cc3ccccc3C2)cc1-n1cnnn1. The van der Waals surface area contributed by atoms with E-state index in [1.807, 2.05) is 12.1 Å². The smallest absolute Gasteiger partial charge is 0.251 e. The lowest BCUT2D eigenvalue weighted by Gasteiger charge is -2.25. The highest BCUT2D eigenvalue weighted by Gasteiger charge is 2.34. The Morgan fingerprint density at radius 2 is 1.92 bits per heavy atom. The highest BCUT2D eigenvalue weighted by molar-refractivity contribution is 5.95. The summed E-state index contributed by atoms with van der Waals surface area (Å²) in [5, 5.41) is 14.4. The Balaban J connectivity index is 1.59. The van der Waals surface area contributed by atoms with Crippen molar-refractivity contribution in [3.05, 3.63) is 65.5 Å². The number of carbonyl (C=O) groups is 1. The van der Waals surface area contributed by atoms with Crippen molar-refractivity contribution in [1.29, 1.82) is 0 Å². The number of carbonyl (C=O) groups excluding carboxylic acids is 1. The van der Waals surface area contributed by atoms with Crippen LogP contribution in [0.15, 0.2) is 48.8 Å². The van der Waals surface area contributed by atoms with Gasteiger partial charge in [0.05, 0.1) is 7.11 Å². The van der Waals surface area contributed by atoms with Crippen LogP contribution in [-0.2, 0) is 12.8 Å². The number of nitrogens with one attached hydrogen (secondary N) is 1. The molecule has 1 aromatic heterocycles. The molecule has 0 atom stereocenters. The van der Waals surface area contributed by atoms with E-state index in [0.717, 1.165) is 12.8 Å². The van der Waals surface area contributed by atoms with Gasteiger partial charge in [0.2, 0.25) is 0 Å². The van der Waals surface area contributed by atoms with Crippen LogP contribution in [0.5, 0.6) is 5.75 Å². The number of nitrogens with zero attached hydrogens (tertiary/aromatic N) is 4. The van der Waals surface area contributed by atoms with E-state index in [-0.39, 0.29) is 11.4 Å². The average molecular weight is 349 g/mol. The molecule has 0 saturated heterocycles. The van der Waals surface area contributed by atoms with E-state index in [0.29, 0.717) is 17.0 Å². The third-order valence-corrected chi connectivity index (χ3v) is 4.73. The maximum atomic E-state index is 12.9. The van der Waals surface area contributed by atoms with Gasteiger partial charge in [-0.05, 0) is 59.5 Å². The lowest BCUT2D eigenvalue weighted by molar-refractivity contribution is 0.0909. The van der Waals surface area contributed by atoms with E-state index >= 15 is 0 Å². The van der Waals surface area contributed by atoms with Crippen molar-refractivity contribution in [3.8, 4) is 11.4 Å². The van der Waals surface area contributed by atoms with E-state index in [2.05, 4.69) is 39.9 Å². The van der Waals surface area contributed by atoms with E-state index in [9.17, 15) is 4.79 Å². The molecule has 1 heterocycles. The molecule has 1 aliphatic carbocycles. The number of rotatable bonds is 4. The molecule has 7 nitrogen and oxygen atoms in total. The fourth-order valence-electron chi connectivity index (χ4n) is 3.52. The Morgan fingerprint density at radius 1 is 1.19 bits per heavy atom. The summed E-state index contributed by atoms with van der Waals surface area (Å²) in [6, 6.07) is 13.5. The van der Waals surface area contributed by atoms with Crippen LogP contribution in [0.2, 0.25) is 0 Å². The molecule has 1 amide bonds. The highest BCUT2D eigenvalue weighted by Crippen LogP contribution is 2.30. The summed E-state index contributed by atoms with van der Waals surface area (Å²) < 4.78 is 6.83. The summed E-state index contributed by atoms with van der Waals surface area (Å²) in [6.45, 7) is 2.08. The maximum Gasteiger partial charge on any atom is 0.251 e. The average Bonchev–Trinajstić information content (AvgIpc) is 3.27. The standard InChI is InChI=1S/C19H19N5O2/c1-19(10-14-5-3-4-6-15(14)11-19)21-18(25)13-7-8-17(26-2)16(9-13)24-12-20-22-23-24/h3-9,12H,10-11H2,1-2H3,(H,21,25). The van der Waals surface area contributed by atoms with Crippen molar-refractivity contribution in [2.45, 2.75) is 25.3 Å². The second-order valence-electron chi connectivity index (χ2n) is 6.78. The summed E-state index contributed by atoms with van der Waals surface area (Å²) in [4.78, 5) is 12.9. The summed E-state index contributed by atoms with van der Waals surface area (Å²) in [5.74, 6) is 0.464. The molecule has 0 bridgehead atoms. The fraction of sp³-hybridized carbons (Fsp3) is 0.263. The maximum absolute atomic E-state index is 12.9. The van der Waals surface area contributed by atoms with Crippen LogP contribution in [0.1, 0.15) is 28.4 Å². The Labute approximate surface area is 151 Å². The first-order chi connectivity index (χ1) is 12.6. The van der Waals surface area contributed by atoms with Gasteiger partial charge in [0.15, 0.2) is 0 Å². The monoisotopic (exact) mass is 349 g/mol. The van der Waals surface area contributed by atoms with E-state index in [1.54, 1.807) is 25.3 Å². The number of hydrogen-bond acceptors (Lipinski definition) is 5. The summed E-state index contributed by atoms with van der Waals surface area (Å²) >= 11 is 0. The van der Waals surface area contributed by atoms with Gasteiger partial charge in [-0.2, -0.15) is 4.68 Å². The van der Waals surface area contributed by atoms with E-state index in [4.69, 9.17) is 4.74 Å². The molecule has 2 aromatic carbocycles. The first-order valence-electron chi connectivity index (χ1n) is 8.39. The Bertz CT molecular complexity index is 927. The van der Waals surface area contributed by atoms with Gasteiger partial charge in [-0.1, -0.05) is 24.3 Å². The molecule has 0 spiro atoms. The minimum absolute atomic E-state index is 0.128. The number of fused-ring (bicyclic) bond motifs is 1. The van der Waals surface area contributed by atoms with Gasteiger partial charge < -0.3 is 10.1 Å². The summed E-state index contributed by atoms with van der Waals surface area (Å²) in [6.07, 6.45) is 3.12. The van der Waals surface area contributed by atoms with Crippen molar-refractivity contribution in [2.24, 2.45) is 0 Å². The molecular formula is C19H19N5O2. The number of aromatic nitrogens is 4. The van der Waals surface area contributed by atoms with Crippen LogP contribution < -0.4 is 10.1 Å². The van der Waals surface area contributed by atoms with Crippen molar-refractivity contribution < 1.29 is 9.53 Å². The van der Waals surface area contributed by atoms with Crippen molar-refractivity contribution >= 4 is 5.91 Å². The molecule has 7 heteroatoms. The van der Waals surface area contributed by atoms with Gasteiger partial charge >= 0.3 is 0 Å². The van der Waals surface area contributed by atoms with Gasteiger partial charge in [-0.15, -0.1) is 5.10 Å². The molecule has 1 N–H and O–H groups in total. The first-order valence-corrected chi connectivity index (χ1v) is 8.39. The molecule has 132 valence electrons. The largest absolute Gasteiger partial charge is 0.494 e. The second kappa shape index (κ2) is 6.25. The van der Waals surface area contributed by atoms with E-state index < -0.39 is 0 Å². The number of ether oxygens (including phenoxy) is 1. The number of methoxy groups -OCH3 is 1. The number of benzene rings is 2. The number of amides is 1. The molecule has 3 aromatic rings. The number of tetrazole rings is 1. The van der Waals surface area contributed by atoms with Crippen molar-refractivity contribution in [1.82, 2.24) is 25.5 Å². The quantitative estimate of drug-likeness (QED) is 0.779. The number of hydrogen-bond donors (Lipinski definition) is 1. The van der Waals surface area contributed by atoms with Crippen LogP contribution >= 0.6 is 0 Å². The molecule has 0 unspecified atom stereocenters. The van der Waals surface area contributed by atoms with Crippen LogP contribution in [0.25, 0.3) is 5.69 Å². The lowest BCUT2D eigenvalue weighted by Crippen LogP contribution is -2.46. The third-order valence-electron chi connectivity index (χ3n) is 4.73. The predicted octanol–water partition coefficient (Wildman–Crippen LogP) is 1.96. The topological polar surface area (TPSA) is 81.9 Å². The molecular weight excluding hydrogens is 330 g/mol. The summed E-state index contributed by atoms with van der Waals surface area (Å²) in [5.41, 5.74) is 3.44. The Kier molecular flexibility index (Phi) is 3.91. The summed E-state index contributed by atoms with van der Waals surface area (Å²) in [7, 11) is 1.57. The zero-order valence-electron chi connectivity index (χ0n) is 14.6. The zero-order chi connectivity index (χ0) is 18.1. The molecule has 4 rings (SSSR count). The Morgan fingerprint density at radius 3 is 2.54 bits per heavy atom. The van der Waals surface area contributed by atoms with Crippen LogP contribution in [-0.4, -0.2) is 38.8 Å². The zero-order valence-corrected chi connectivity index (χ0v) is 14.6. The normalized spacial score (nSPS) is 14.7. The minimum Gasteiger partial charge on any atom is -0.494 e. The van der Waals surface area contributed by atoms with Crippen molar-refractivity contribution in [3.63, 3.8) is 0 Å². The van der Waals surface area contributed by atoms with Gasteiger partial charge in [0.25, 0.3) is 5.91 Å². The van der Waals surface area contributed by atoms with Gasteiger partial charge in [-0.25, -0.2) is 0 Å². The third kappa shape index (κ3) is 2.92. The van der Waals surface area contributed by atoms with Crippen LogP contribution in [0.3, 0.4) is 0 Å². The molecule has 0 fully saturated rings. The molecule has 26 heavy (non-hydrogen) atoms. The molecule has 1 aliphatic rings. The molecule has 0 saturated carbocycles. The van der Waals surface area contributed by atoms with Gasteiger partial charge in [-0.3, -0.25) is 4.79 Å². The highest BCUT2D eigenvalue weighted by atomic mass is 16.5. The lowest BCUT2D eigenvalue weighted by atomic mass is 9.97. The Hall–Kier alpha value is -3.22.